The Morgan fingerprint density at radius 1 is 1.18 bits per heavy atom. The summed E-state index contributed by atoms with van der Waals surface area (Å²) in [7, 11) is 0. The highest BCUT2D eigenvalue weighted by atomic mass is 35.5. The van der Waals surface area contributed by atoms with Crippen LogP contribution in [0.15, 0.2) is 66.9 Å². The van der Waals surface area contributed by atoms with Crippen LogP contribution in [-0.4, -0.2) is 46.5 Å². The number of H-pyrrole nitrogens is 1. The van der Waals surface area contributed by atoms with Gasteiger partial charge in [-0.2, -0.15) is 0 Å². The molecule has 2 N–H and O–H groups in total. The fraction of sp³-hybridized carbons (Fsp3) is 0.308. The van der Waals surface area contributed by atoms with Gasteiger partial charge in [-0.05, 0) is 29.7 Å². The molecule has 0 aliphatic carbocycles. The number of hydrogen-bond acceptors (Lipinski definition) is 3. The van der Waals surface area contributed by atoms with Crippen molar-refractivity contribution in [2.75, 3.05) is 13.1 Å². The Bertz CT molecular complexity index is 1280. The SMILES string of the molecule is O=C(NCc1ccccc1Cl)C1C2C=CC3(CN(CCc4c[nH]c5ccccc45)C(=O)C13)O2. The largest absolute Gasteiger partial charge is 0.361 e. The average molecular weight is 462 g/mol. The molecule has 4 unspecified atom stereocenters. The Kier molecular flexibility index (Phi) is 4.82. The van der Waals surface area contributed by atoms with E-state index in [1.54, 1.807) is 6.07 Å². The van der Waals surface area contributed by atoms with Crippen LogP contribution in [-0.2, 0) is 27.3 Å². The van der Waals surface area contributed by atoms with Gasteiger partial charge >= 0.3 is 0 Å². The second-order valence-electron chi connectivity index (χ2n) is 9.08. The Morgan fingerprint density at radius 2 is 2.00 bits per heavy atom. The summed E-state index contributed by atoms with van der Waals surface area (Å²) in [5.41, 5.74) is 2.42. The zero-order valence-electron chi connectivity index (χ0n) is 18.0. The van der Waals surface area contributed by atoms with Crippen LogP contribution in [0.1, 0.15) is 11.1 Å². The maximum atomic E-state index is 13.4. The maximum Gasteiger partial charge on any atom is 0.230 e. The number of nitrogens with one attached hydrogen (secondary N) is 2. The Balaban J connectivity index is 1.17. The van der Waals surface area contributed by atoms with Gasteiger partial charge in [0.05, 0.1) is 24.5 Å². The number of para-hydroxylation sites is 1. The molecule has 0 saturated carbocycles. The minimum atomic E-state index is -0.700. The third-order valence-corrected chi connectivity index (χ3v) is 7.59. The second-order valence-corrected chi connectivity index (χ2v) is 9.49. The molecule has 6 nitrogen and oxygen atoms in total. The van der Waals surface area contributed by atoms with Gasteiger partial charge in [-0.15, -0.1) is 0 Å². The van der Waals surface area contributed by atoms with E-state index in [-0.39, 0.29) is 17.9 Å². The number of rotatable bonds is 6. The molecule has 168 valence electrons. The van der Waals surface area contributed by atoms with E-state index in [1.807, 2.05) is 59.6 Å². The lowest BCUT2D eigenvalue weighted by atomic mass is 9.77. The molecule has 1 spiro atoms. The minimum Gasteiger partial charge on any atom is -0.361 e. The van der Waals surface area contributed by atoms with E-state index < -0.39 is 17.4 Å². The number of fused-ring (bicyclic) bond motifs is 2. The molecule has 0 radical (unpaired) electrons. The lowest BCUT2D eigenvalue weighted by molar-refractivity contribution is -0.137. The highest BCUT2D eigenvalue weighted by Gasteiger charge is 2.66. The number of ether oxygens (including phenoxy) is 1. The fourth-order valence-electron chi connectivity index (χ4n) is 5.60. The zero-order chi connectivity index (χ0) is 22.6. The molecule has 7 heteroatoms. The van der Waals surface area contributed by atoms with Crippen molar-refractivity contribution in [2.45, 2.75) is 24.7 Å². The van der Waals surface area contributed by atoms with Crippen molar-refractivity contribution in [1.82, 2.24) is 15.2 Å². The van der Waals surface area contributed by atoms with E-state index in [0.717, 1.165) is 17.5 Å². The quantitative estimate of drug-likeness (QED) is 0.552. The van der Waals surface area contributed by atoms with E-state index in [9.17, 15) is 9.59 Å². The van der Waals surface area contributed by atoms with Crippen molar-refractivity contribution in [3.8, 4) is 0 Å². The topological polar surface area (TPSA) is 74.4 Å². The number of carbonyl (C=O) groups excluding carboxylic acids is 2. The molecule has 6 rings (SSSR count). The molecular formula is C26H24ClN3O3. The van der Waals surface area contributed by atoms with Gasteiger partial charge < -0.3 is 19.9 Å². The third-order valence-electron chi connectivity index (χ3n) is 7.22. The first-order chi connectivity index (χ1) is 16.1. The van der Waals surface area contributed by atoms with Crippen LogP contribution >= 0.6 is 11.6 Å². The number of aromatic nitrogens is 1. The molecule has 3 aliphatic rings. The van der Waals surface area contributed by atoms with Crippen molar-refractivity contribution in [2.24, 2.45) is 11.8 Å². The summed E-state index contributed by atoms with van der Waals surface area (Å²) in [5.74, 6) is -1.17. The molecule has 2 aromatic carbocycles. The number of halogens is 1. The van der Waals surface area contributed by atoms with Gasteiger partial charge in [0.15, 0.2) is 0 Å². The molecule has 3 aromatic rings. The Morgan fingerprint density at radius 3 is 2.88 bits per heavy atom. The fourth-order valence-corrected chi connectivity index (χ4v) is 5.81. The standard InChI is InChI=1S/C26H24ClN3O3/c27-19-7-3-1-5-17(19)14-29-24(31)22-21-9-11-26(33-21)15-30(25(32)23(22)26)12-10-16-13-28-20-8-4-2-6-18(16)20/h1-9,11,13,21-23,28H,10,12,14-15H2,(H,29,31). The summed E-state index contributed by atoms with van der Waals surface area (Å²) < 4.78 is 6.23. The summed E-state index contributed by atoms with van der Waals surface area (Å²) in [6.07, 6.45) is 6.32. The minimum absolute atomic E-state index is 0.000384. The number of likely N-dealkylation sites (tertiary alicyclic amines) is 1. The third kappa shape index (κ3) is 3.28. The van der Waals surface area contributed by atoms with E-state index in [1.165, 1.54) is 10.9 Å². The first-order valence-electron chi connectivity index (χ1n) is 11.3. The van der Waals surface area contributed by atoms with Crippen LogP contribution < -0.4 is 5.32 Å². The van der Waals surface area contributed by atoms with Gasteiger partial charge in [-0.3, -0.25) is 9.59 Å². The molecule has 1 aromatic heterocycles. The number of amides is 2. The zero-order valence-corrected chi connectivity index (χ0v) is 18.7. The van der Waals surface area contributed by atoms with Crippen molar-refractivity contribution in [1.29, 1.82) is 0 Å². The molecule has 3 aliphatic heterocycles. The number of nitrogens with zero attached hydrogens (tertiary/aromatic N) is 1. The van der Waals surface area contributed by atoms with Crippen molar-refractivity contribution in [3.63, 3.8) is 0 Å². The highest BCUT2D eigenvalue weighted by Crippen LogP contribution is 2.51. The summed E-state index contributed by atoms with van der Waals surface area (Å²) in [5, 5.41) is 4.76. The van der Waals surface area contributed by atoms with Crippen LogP contribution in [0.3, 0.4) is 0 Å². The van der Waals surface area contributed by atoms with Crippen LogP contribution in [0.25, 0.3) is 10.9 Å². The van der Waals surface area contributed by atoms with Crippen LogP contribution in [0.2, 0.25) is 5.02 Å². The first kappa shape index (κ1) is 20.5. The smallest absolute Gasteiger partial charge is 0.230 e. The molecule has 4 atom stereocenters. The van der Waals surface area contributed by atoms with Gasteiger partial charge in [0.2, 0.25) is 11.8 Å². The van der Waals surface area contributed by atoms with Crippen molar-refractivity contribution < 1.29 is 14.3 Å². The summed E-state index contributed by atoms with van der Waals surface area (Å²) >= 11 is 6.22. The van der Waals surface area contributed by atoms with Crippen LogP contribution in [0, 0.1) is 11.8 Å². The Hall–Kier alpha value is -3.09. The average Bonchev–Trinajstić information content (AvgIpc) is 3.57. The van der Waals surface area contributed by atoms with Crippen LogP contribution in [0.4, 0.5) is 0 Å². The maximum absolute atomic E-state index is 13.4. The molecule has 2 fully saturated rings. The highest BCUT2D eigenvalue weighted by molar-refractivity contribution is 6.31. The second kappa shape index (κ2) is 7.75. The molecule has 2 amide bonds. The monoisotopic (exact) mass is 461 g/mol. The van der Waals surface area contributed by atoms with Crippen molar-refractivity contribution in [3.05, 3.63) is 83.0 Å². The van der Waals surface area contributed by atoms with E-state index in [4.69, 9.17) is 16.3 Å². The number of carbonyl (C=O) groups is 2. The Labute approximate surface area is 196 Å². The van der Waals surface area contributed by atoms with Gasteiger partial charge in [0.1, 0.15) is 5.60 Å². The molecule has 2 bridgehead atoms. The number of hydrogen-bond donors (Lipinski definition) is 2. The molecule has 2 saturated heterocycles. The predicted octanol–water partition coefficient (Wildman–Crippen LogP) is 3.46. The predicted molar refractivity (Wildman–Crippen MR) is 126 cm³/mol. The summed E-state index contributed by atoms with van der Waals surface area (Å²) in [6.45, 7) is 1.40. The first-order valence-corrected chi connectivity index (χ1v) is 11.7. The molecule has 4 heterocycles. The van der Waals surface area contributed by atoms with Crippen LogP contribution in [0.5, 0.6) is 0 Å². The van der Waals surface area contributed by atoms with Gasteiger partial charge in [-0.1, -0.05) is 60.2 Å². The summed E-state index contributed by atoms with van der Waals surface area (Å²) in [6, 6.07) is 15.6. The normalized spacial score (nSPS) is 27.5. The van der Waals surface area contributed by atoms with E-state index >= 15 is 0 Å². The van der Waals surface area contributed by atoms with Gasteiger partial charge in [-0.25, -0.2) is 0 Å². The molecule has 33 heavy (non-hydrogen) atoms. The summed E-state index contributed by atoms with van der Waals surface area (Å²) in [4.78, 5) is 31.7. The molecular weight excluding hydrogens is 438 g/mol. The van der Waals surface area contributed by atoms with Gasteiger partial charge in [0.25, 0.3) is 0 Å². The number of benzene rings is 2. The van der Waals surface area contributed by atoms with Gasteiger partial charge in [0, 0.05) is 35.2 Å². The lowest BCUT2D eigenvalue weighted by Gasteiger charge is -2.23. The number of aromatic amines is 1. The van der Waals surface area contributed by atoms with E-state index in [2.05, 4.69) is 16.4 Å². The lowest BCUT2D eigenvalue weighted by Crippen LogP contribution is -2.44. The van der Waals surface area contributed by atoms with Crippen molar-refractivity contribution >= 4 is 34.3 Å². The van der Waals surface area contributed by atoms with E-state index in [0.29, 0.717) is 24.7 Å².